The summed E-state index contributed by atoms with van der Waals surface area (Å²) in [7, 11) is -1.81. The summed E-state index contributed by atoms with van der Waals surface area (Å²) in [6.07, 6.45) is 10.4. The van der Waals surface area contributed by atoms with Crippen molar-refractivity contribution in [1.29, 1.82) is 0 Å². The molecule has 0 aromatic rings. The molecule has 0 aliphatic carbocycles. The van der Waals surface area contributed by atoms with Gasteiger partial charge in [0.05, 0.1) is 0 Å². The first-order valence-electron chi connectivity index (χ1n) is 13.2. The molecule has 0 amide bonds. The summed E-state index contributed by atoms with van der Waals surface area (Å²) in [5, 5.41) is 0.203. The SMILES string of the molecule is CCC[CH2][Sn]([CH2]CCC)([CH2]CCC)/[C](=C/C(=O)OC(C)(C)C)CCO[Si](C)(C)C(C)(C)C. The maximum atomic E-state index is 13.0. The van der Waals surface area contributed by atoms with E-state index in [2.05, 4.69) is 54.6 Å². The van der Waals surface area contributed by atoms with Gasteiger partial charge in [-0.25, -0.2) is 0 Å². The number of hydrogen-bond donors (Lipinski definition) is 0. The molecule has 3 nitrogen and oxygen atoms in total. The molecule has 0 bridgehead atoms. The Balaban J connectivity index is 6.07. The third-order valence-corrected chi connectivity index (χ3v) is 27.8. The van der Waals surface area contributed by atoms with E-state index in [1.807, 2.05) is 26.8 Å². The quantitative estimate of drug-likeness (QED) is 0.111. The number of rotatable bonds is 15. The molecule has 0 spiro atoms. The van der Waals surface area contributed by atoms with E-state index in [4.69, 9.17) is 9.16 Å². The van der Waals surface area contributed by atoms with Crippen LogP contribution >= 0.6 is 0 Å². The fourth-order valence-corrected chi connectivity index (χ4v) is 21.8. The second-order valence-electron chi connectivity index (χ2n) is 12.2. The van der Waals surface area contributed by atoms with Crippen molar-refractivity contribution in [2.75, 3.05) is 6.61 Å². The molecule has 0 rings (SSSR count). The maximum absolute atomic E-state index is 13.0. The molecule has 0 aromatic heterocycles. The fourth-order valence-electron chi connectivity index (χ4n) is 4.00. The van der Waals surface area contributed by atoms with Crippen LogP contribution in [0.1, 0.15) is 107 Å². The van der Waals surface area contributed by atoms with Gasteiger partial charge in [-0.15, -0.1) is 0 Å². The van der Waals surface area contributed by atoms with E-state index < -0.39 is 32.3 Å². The molecule has 0 aliphatic heterocycles. The molecular formula is C27H56O3SiSn. The third kappa shape index (κ3) is 12.1. The zero-order valence-electron chi connectivity index (χ0n) is 23.6. The summed E-state index contributed by atoms with van der Waals surface area (Å²) >= 11 is -2.72. The van der Waals surface area contributed by atoms with Gasteiger partial charge in [0.2, 0.25) is 0 Å². The fraction of sp³-hybridized carbons (Fsp3) is 0.889. The number of carbonyl (C=O) groups is 1. The second kappa shape index (κ2) is 14.6. The van der Waals surface area contributed by atoms with Crippen LogP contribution in [-0.4, -0.2) is 44.9 Å². The van der Waals surface area contributed by atoms with Crippen molar-refractivity contribution in [3.05, 3.63) is 9.67 Å². The molecular weight excluding hydrogens is 519 g/mol. The summed E-state index contributed by atoms with van der Waals surface area (Å²) in [6, 6.07) is 0. The molecule has 190 valence electrons. The first-order valence-corrected chi connectivity index (χ1v) is 23.6. The molecule has 0 heterocycles. The van der Waals surface area contributed by atoms with Crippen LogP contribution in [0.5, 0.6) is 0 Å². The van der Waals surface area contributed by atoms with Crippen LogP contribution < -0.4 is 0 Å². The Bertz CT molecular complexity index is 549. The van der Waals surface area contributed by atoms with Crippen molar-refractivity contribution in [3.63, 3.8) is 0 Å². The molecule has 0 N–H and O–H groups in total. The van der Waals surface area contributed by atoms with Crippen molar-refractivity contribution in [2.45, 2.75) is 144 Å². The molecule has 0 aromatic carbocycles. The monoisotopic (exact) mass is 576 g/mol. The van der Waals surface area contributed by atoms with Crippen molar-refractivity contribution < 1.29 is 14.0 Å². The predicted molar refractivity (Wildman–Crippen MR) is 147 cm³/mol. The van der Waals surface area contributed by atoms with E-state index in [9.17, 15) is 4.79 Å². The molecule has 0 saturated heterocycles. The summed E-state index contributed by atoms with van der Waals surface area (Å²) in [6.45, 7) is 25.1. The first-order chi connectivity index (χ1) is 14.6. The van der Waals surface area contributed by atoms with Crippen LogP contribution in [0.15, 0.2) is 9.67 Å². The van der Waals surface area contributed by atoms with Crippen LogP contribution in [0.25, 0.3) is 0 Å². The topological polar surface area (TPSA) is 35.5 Å². The van der Waals surface area contributed by atoms with Gasteiger partial charge >= 0.3 is 207 Å². The van der Waals surface area contributed by atoms with Gasteiger partial charge in [0.25, 0.3) is 0 Å². The molecule has 0 unspecified atom stereocenters. The van der Waals surface area contributed by atoms with E-state index >= 15 is 0 Å². The van der Waals surface area contributed by atoms with Crippen molar-refractivity contribution in [2.24, 2.45) is 0 Å². The van der Waals surface area contributed by atoms with Crippen LogP contribution in [-0.2, 0) is 14.0 Å². The number of unbranched alkanes of at least 4 members (excludes halogenated alkanes) is 3. The number of esters is 1. The Morgan fingerprint density at radius 1 is 0.844 bits per heavy atom. The Labute approximate surface area is 206 Å². The predicted octanol–water partition coefficient (Wildman–Crippen LogP) is 9.05. The Morgan fingerprint density at radius 3 is 1.62 bits per heavy atom. The average molecular weight is 576 g/mol. The zero-order chi connectivity index (χ0) is 25.1. The van der Waals surface area contributed by atoms with Gasteiger partial charge in [-0.3, -0.25) is 0 Å². The Kier molecular flexibility index (Phi) is 14.6. The van der Waals surface area contributed by atoms with Crippen molar-refractivity contribution in [3.8, 4) is 0 Å². The van der Waals surface area contributed by atoms with Gasteiger partial charge in [-0.2, -0.15) is 0 Å². The van der Waals surface area contributed by atoms with Gasteiger partial charge in [-0.05, 0) is 0 Å². The summed E-state index contributed by atoms with van der Waals surface area (Å²) < 4.78 is 17.9. The minimum atomic E-state index is -2.72. The standard InChI is InChI=1S/C15H29O3Si.3C4H9.Sn/c1-14(2,3)18-13(16)11-9-10-12-17-19(7,8)15(4,5)6;3*1-3-4-2;/h11H,10,12H2,1-8H3;3*1,3-4H2,2H3;. The van der Waals surface area contributed by atoms with Gasteiger partial charge < -0.3 is 0 Å². The molecule has 32 heavy (non-hydrogen) atoms. The summed E-state index contributed by atoms with van der Waals surface area (Å²) in [5.41, 5.74) is -0.454. The Hall–Kier alpha value is 0.186. The van der Waals surface area contributed by atoms with E-state index in [1.54, 1.807) is 0 Å². The average Bonchev–Trinajstić information content (AvgIpc) is 2.64. The van der Waals surface area contributed by atoms with Gasteiger partial charge in [-0.1, -0.05) is 0 Å². The van der Waals surface area contributed by atoms with E-state index in [1.165, 1.54) is 55.4 Å². The van der Waals surface area contributed by atoms with Crippen LogP contribution in [0.3, 0.4) is 0 Å². The normalized spacial score (nSPS) is 14.0. The van der Waals surface area contributed by atoms with E-state index in [0.717, 1.165) is 13.0 Å². The molecule has 0 radical (unpaired) electrons. The van der Waals surface area contributed by atoms with Crippen LogP contribution in [0.4, 0.5) is 0 Å². The minimum absolute atomic E-state index is 0.148. The van der Waals surface area contributed by atoms with E-state index in [-0.39, 0.29) is 11.0 Å². The van der Waals surface area contributed by atoms with Gasteiger partial charge in [0, 0.05) is 0 Å². The van der Waals surface area contributed by atoms with Crippen LogP contribution in [0.2, 0.25) is 31.4 Å². The van der Waals surface area contributed by atoms with Gasteiger partial charge in [0.15, 0.2) is 0 Å². The van der Waals surface area contributed by atoms with Gasteiger partial charge in [0.1, 0.15) is 0 Å². The van der Waals surface area contributed by atoms with Crippen molar-refractivity contribution >= 4 is 32.7 Å². The zero-order valence-corrected chi connectivity index (χ0v) is 27.4. The Morgan fingerprint density at radius 2 is 1.28 bits per heavy atom. The summed E-state index contributed by atoms with van der Waals surface area (Å²) in [4.78, 5) is 13.0. The molecule has 5 heteroatoms. The molecule has 0 fully saturated rings. The van der Waals surface area contributed by atoms with E-state index in [0.29, 0.717) is 0 Å². The second-order valence-corrected chi connectivity index (χ2v) is 30.4. The summed E-state index contributed by atoms with van der Waals surface area (Å²) in [5.74, 6) is -0.148. The number of ether oxygens (including phenoxy) is 1. The number of carbonyl (C=O) groups excluding carboxylic acids is 1. The van der Waals surface area contributed by atoms with Crippen molar-refractivity contribution in [1.82, 2.24) is 0 Å². The molecule has 0 aliphatic rings. The molecule has 0 saturated carbocycles. The number of hydrogen-bond acceptors (Lipinski definition) is 3. The first kappa shape index (κ1) is 32.2. The van der Waals surface area contributed by atoms with Crippen LogP contribution in [0, 0.1) is 0 Å². The third-order valence-electron chi connectivity index (χ3n) is 7.05. The molecule has 0 atom stereocenters.